The number of nitrogens with one attached hydrogen (secondary N) is 3. The molecule has 7 heteroatoms. The summed E-state index contributed by atoms with van der Waals surface area (Å²) in [6, 6.07) is 18.4. The van der Waals surface area contributed by atoms with Crippen molar-refractivity contribution < 1.29 is 0 Å². The van der Waals surface area contributed by atoms with Gasteiger partial charge in [-0.05, 0) is 42.3 Å². The third-order valence-corrected chi connectivity index (χ3v) is 4.71. The Morgan fingerprint density at radius 3 is 2.72 bits per heavy atom. The predicted molar refractivity (Wildman–Crippen MR) is 116 cm³/mol. The fraction of sp³-hybridized carbons (Fsp3) is 0.0909. The molecule has 3 heterocycles. The van der Waals surface area contributed by atoms with Crippen molar-refractivity contribution in [2.45, 2.75) is 6.92 Å². The van der Waals surface area contributed by atoms with Crippen molar-refractivity contribution in [1.29, 1.82) is 0 Å². The van der Waals surface area contributed by atoms with Crippen molar-refractivity contribution in [3.63, 3.8) is 0 Å². The van der Waals surface area contributed by atoms with Crippen molar-refractivity contribution in [3.8, 4) is 11.1 Å². The van der Waals surface area contributed by atoms with Gasteiger partial charge in [-0.3, -0.25) is 4.98 Å². The van der Waals surface area contributed by atoms with Gasteiger partial charge in [0.1, 0.15) is 5.52 Å². The molecule has 0 amide bonds. The zero-order chi connectivity index (χ0) is 19.6. The molecule has 7 nitrogen and oxygen atoms in total. The van der Waals surface area contributed by atoms with Gasteiger partial charge in [0.2, 0.25) is 5.95 Å². The number of imidazole rings is 1. The molecule has 3 N–H and O–H groups in total. The molecule has 0 unspecified atom stereocenters. The van der Waals surface area contributed by atoms with Gasteiger partial charge in [0, 0.05) is 23.8 Å². The zero-order valence-electron chi connectivity index (χ0n) is 15.8. The van der Waals surface area contributed by atoms with Crippen LogP contribution in [0.25, 0.3) is 33.2 Å². The number of hydrogen-bond acceptors (Lipinski definition) is 6. The number of rotatable bonds is 5. The number of aromatic amines is 1. The SMILES string of the molecule is CCNc1nc(Nc2ccc3nccc(-c4ccccc4)c3c2)nc2[nH]cnc12. The number of H-pyrrole nitrogens is 1. The van der Waals surface area contributed by atoms with Gasteiger partial charge in [-0.15, -0.1) is 0 Å². The molecule has 2 aromatic carbocycles. The van der Waals surface area contributed by atoms with E-state index >= 15 is 0 Å². The highest BCUT2D eigenvalue weighted by atomic mass is 15.2. The smallest absolute Gasteiger partial charge is 0.231 e. The Hall–Kier alpha value is -4.00. The predicted octanol–water partition coefficient (Wildman–Crippen LogP) is 4.74. The van der Waals surface area contributed by atoms with E-state index in [-0.39, 0.29) is 0 Å². The van der Waals surface area contributed by atoms with Crippen LogP contribution in [-0.2, 0) is 0 Å². The van der Waals surface area contributed by atoms with E-state index in [0.29, 0.717) is 17.4 Å². The number of aromatic nitrogens is 5. The summed E-state index contributed by atoms with van der Waals surface area (Å²) in [7, 11) is 0. The summed E-state index contributed by atoms with van der Waals surface area (Å²) in [5.74, 6) is 1.20. The number of benzene rings is 2. The fourth-order valence-electron chi connectivity index (χ4n) is 3.40. The summed E-state index contributed by atoms with van der Waals surface area (Å²) >= 11 is 0. The third kappa shape index (κ3) is 3.23. The monoisotopic (exact) mass is 381 g/mol. The summed E-state index contributed by atoms with van der Waals surface area (Å²) in [5.41, 5.74) is 5.54. The van der Waals surface area contributed by atoms with Crippen LogP contribution in [0.2, 0.25) is 0 Å². The normalized spacial score (nSPS) is 11.1. The minimum Gasteiger partial charge on any atom is -0.368 e. The molecule has 29 heavy (non-hydrogen) atoms. The molecular formula is C22H19N7. The minimum atomic E-state index is 0.502. The van der Waals surface area contributed by atoms with Crippen LogP contribution in [-0.4, -0.2) is 31.5 Å². The first kappa shape index (κ1) is 17.1. The van der Waals surface area contributed by atoms with Crippen LogP contribution in [0.4, 0.5) is 17.5 Å². The van der Waals surface area contributed by atoms with Crippen molar-refractivity contribution >= 4 is 39.5 Å². The van der Waals surface area contributed by atoms with Crippen molar-refractivity contribution in [1.82, 2.24) is 24.9 Å². The molecule has 0 aliphatic rings. The highest BCUT2D eigenvalue weighted by molar-refractivity contribution is 5.96. The Bertz CT molecular complexity index is 1290. The van der Waals surface area contributed by atoms with Gasteiger partial charge in [-0.2, -0.15) is 9.97 Å². The van der Waals surface area contributed by atoms with Crippen LogP contribution in [0.15, 0.2) is 67.1 Å². The maximum atomic E-state index is 4.59. The van der Waals surface area contributed by atoms with Gasteiger partial charge in [0.25, 0.3) is 0 Å². The lowest BCUT2D eigenvalue weighted by molar-refractivity contribution is 1.13. The Balaban J connectivity index is 1.57. The van der Waals surface area contributed by atoms with Crippen LogP contribution in [0.1, 0.15) is 6.92 Å². The van der Waals surface area contributed by atoms with Gasteiger partial charge >= 0.3 is 0 Å². The van der Waals surface area contributed by atoms with Crippen LogP contribution >= 0.6 is 0 Å². The van der Waals surface area contributed by atoms with Gasteiger partial charge in [-0.25, -0.2) is 4.98 Å². The highest BCUT2D eigenvalue weighted by Crippen LogP contribution is 2.30. The standard InChI is InChI=1S/C22H19N7/c1-2-23-20-19-21(26-13-25-19)29-22(28-20)27-15-8-9-18-17(12-15)16(10-11-24-18)14-6-4-3-5-7-14/h3-13H,2H2,1H3,(H3,23,25,26,27,28,29). The molecule has 0 saturated heterocycles. The molecule has 142 valence electrons. The maximum Gasteiger partial charge on any atom is 0.231 e. The Morgan fingerprint density at radius 2 is 1.86 bits per heavy atom. The van der Waals surface area contributed by atoms with E-state index in [0.717, 1.165) is 39.8 Å². The molecule has 0 saturated carbocycles. The topological polar surface area (TPSA) is 91.4 Å². The first-order valence-electron chi connectivity index (χ1n) is 9.48. The first-order chi connectivity index (χ1) is 14.3. The molecule has 0 aliphatic carbocycles. The Kier molecular flexibility index (Phi) is 4.25. The minimum absolute atomic E-state index is 0.502. The van der Waals surface area contributed by atoms with Gasteiger partial charge < -0.3 is 15.6 Å². The van der Waals surface area contributed by atoms with Gasteiger partial charge in [0.05, 0.1) is 11.8 Å². The average molecular weight is 381 g/mol. The number of nitrogens with zero attached hydrogens (tertiary/aromatic N) is 4. The number of fused-ring (bicyclic) bond motifs is 2. The largest absolute Gasteiger partial charge is 0.368 e. The quantitative estimate of drug-likeness (QED) is 0.407. The highest BCUT2D eigenvalue weighted by Gasteiger charge is 2.11. The second-order valence-corrected chi connectivity index (χ2v) is 6.61. The van der Waals surface area contributed by atoms with Crippen LogP contribution < -0.4 is 10.6 Å². The van der Waals surface area contributed by atoms with E-state index in [1.54, 1.807) is 6.33 Å². The van der Waals surface area contributed by atoms with Crippen LogP contribution in [0.5, 0.6) is 0 Å². The molecule has 5 aromatic rings. The van der Waals surface area contributed by atoms with E-state index in [2.05, 4.69) is 53.8 Å². The second kappa shape index (κ2) is 7.20. The average Bonchev–Trinajstić information content (AvgIpc) is 3.23. The molecule has 0 fully saturated rings. The van der Waals surface area contributed by atoms with E-state index < -0.39 is 0 Å². The summed E-state index contributed by atoms with van der Waals surface area (Å²) in [6.07, 6.45) is 3.47. The second-order valence-electron chi connectivity index (χ2n) is 6.61. The number of anilines is 3. The van der Waals surface area contributed by atoms with E-state index in [9.17, 15) is 0 Å². The molecule has 0 atom stereocenters. The summed E-state index contributed by atoms with van der Waals surface area (Å²) in [5, 5.41) is 7.62. The molecule has 3 aromatic heterocycles. The molecule has 5 rings (SSSR count). The summed E-state index contributed by atoms with van der Waals surface area (Å²) in [6.45, 7) is 2.77. The van der Waals surface area contributed by atoms with E-state index in [4.69, 9.17) is 0 Å². The number of hydrogen-bond donors (Lipinski definition) is 3. The molecular weight excluding hydrogens is 362 g/mol. The third-order valence-electron chi connectivity index (χ3n) is 4.71. The van der Waals surface area contributed by atoms with Gasteiger partial charge in [0.15, 0.2) is 11.5 Å². The van der Waals surface area contributed by atoms with Gasteiger partial charge in [-0.1, -0.05) is 30.3 Å². The van der Waals surface area contributed by atoms with Crippen molar-refractivity contribution in [2.75, 3.05) is 17.2 Å². The Labute approximate surface area is 167 Å². The first-order valence-corrected chi connectivity index (χ1v) is 9.48. The van der Waals surface area contributed by atoms with E-state index in [1.165, 1.54) is 0 Å². The number of pyridine rings is 1. The van der Waals surface area contributed by atoms with Crippen LogP contribution in [0.3, 0.4) is 0 Å². The molecule has 0 spiro atoms. The lowest BCUT2D eigenvalue weighted by Crippen LogP contribution is -2.05. The summed E-state index contributed by atoms with van der Waals surface area (Å²) < 4.78 is 0. The molecule has 0 radical (unpaired) electrons. The zero-order valence-corrected chi connectivity index (χ0v) is 15.8. The van der Waals surface area contributed by atoms with E-state index in [1.807, 2.05) is 49.5 Å². The van der Waals surface area contributed by atoms with Crippen molar-refractivity contribution in [2.24, 2.45) is 0 Å². The van der Waals surface area contributed by atoms with Crippen molar-refractivity contribution in [3.05, 3.63) is 67.1 Å². The molecule has 0 aliphatic heterocycles. The fourth-order valence-corrected chi connectivity index (χ4v) is 3.40. The lowest BCUT2D eigenvalue weighted by Gasteiger charge is -2.11. The molecule has 0 bridgehead atoms. The van der Waals surface area contributed by atoms with Crippen LogP contribution in [0, 0.1) is 0 Å². The summed E-state index contributed by atoms with van der Waals surface area (Å²) in [4.78, 5) is 21.0. The Morgan fingerprint density at radius 1 is 0.966 bits per heavy atom. The lowest BCUT2D eigenvalue weighted by atomic mass is 10.0. The maximum absolute atomic E-state index is 4.59.